The molecule has 4 nitrogen and oxygen atoms in total. The Balaban J connectivity index is 1.85. The van der Waals surface area contributed by atoms with Crippen LogP contribution in [-0.4, -0.2) is 12.5 Å². The van der Waals surface area contributed by atoms with E-state index in [2.05, 4.69) is 10.2 Å². The predicted molar refractivity (Wildman–Crippen MR) is 87.0 cm³/mol. The van der Waals surface area contributed by atoms with E-state index in [0.717, 1.165) is 29.8 Å². The molecule has 2 atom stereocenters. The lowest BCUT2D eigenvalue weighted by Crippen LogP contribution is -2.49. The summed E-state index contributed by atoms with van der Waals surface area (Å²) in [6.45, 7) is 0.818. The van der Waals surface area contributed by atoms with Crippen LogP contribution in [-0.2, 0) is 0 Å². The number of anilines is 1. The third-order valence-corrected chi connectivity index (χ3v) is 4.70. The van der Waals surface area contributed by atoms with Crippen molar-refractivity contribution in [3.8, 4) is 0 Å². The van der Waals surface area contributed by atoms with Crippen molar-refractivity contribution in [3.05, 3.63) is 64.2 Å². The first-order valence-electron chi connectivity index (χ1n) is 7.36. The van der Waals surface area contributed by atoms with Crippen molar-refractivity contribution in [2.24, 2.45) is 5.73 Å². The number of amides is 1. The molecule has 0 radical (unpaired) electrons. The maximum atomic E-state index is 12.5. The van der Waals surface area contributed by atoms with Gasteiger partial charge in [0.15, 0.2) is 0 Å². The molecule has 2 aliphatic rings. The molecule has 0 saturated heterocycles. The molecule has 2 aromatic rings. The molecule has 5 heteroatoms. The van der Waals surface area contributed by atoms with Crippen molar-refractivity contribution in [2.45, 2.75) is 18.6 Å². The molecule has 0 saturated carbocycles. The van der Waals surface area contributed by atoms with Crippen molar-refractivity contribution in [3.63, 3.8) is 0 Å². The van der Waals surface area contributed by atoms with Crippen molar-refractivity contribution in [2.75, 3.05) is 11.4 Å². The number of rotatable bonds is 1. The Morgan fingerprint density at radius 2 is 1.95 bits per heavy atom. The highest BCUT2D eigenvalue weighted by molar-refractivity contribution is 6.30. The van der Waals surface area contributed by atoms with Gasteiger partial charge in [-0.3, -0.25) is 4.79 Å². The minimum atomic E-state index is -0.175. The van der Waals surface area contributed by atoms with Crippen LogP contribution in [0.4, 0.5) is 5.69 Å². The van der Waals surface area contributed by atoms with Crippen molar-refractivity contribution in [1.82, 2.24) is 5.32 Å². The lowest BCUT2D eigenvalue weighted by molar-refractivity contribution is 0.0925. The number of carbonyl (C=O) groups excluding carboxylic acids is 1. The van der Waals surface area contributed by atoms with E-state index in [1.165, 1.54) is 0 Å². The van der Waals surface area contributed by atoms with Gasteiger partial charge in [-0.25, -0.2) is 0 Å². The first-order valence-corrected chi connectivity index (χ1v) is 7.74. The fourth-order valence-corrected chi connectivity index (χ4v) is 3.48. The summed E-state index contributed by atoms with van der Waals surface area (Å²) >= 11 is 5.97. The summed E-state index contributed by atoms with van der Waals surface area (Å²) < 4.78 is 0. The summed E-state index contributed by atoms with van der Waals surface area (Å²) in [4.78, 5) is 14.7. The number of hydrogen-bond acceptors (Lipinski definition) is 3. The van der Waals surface area contributed by atoms with Gasteiger partial charge in [0.1, 0.15) is 6.17 Å². The largest absolute Gasteiger partial charge is 0.346 e. The monoisotopic (exact) mass is 313 g/mol. The summed E-state index contributed by atoms with van der Waals surface area (Å²) in [6.07, 6.45) is 0.696. The van der Waals surface area contributed by atoms with Crippen molar-refractivity contribution in [1.29, 1.82) is 0 Å². The highest BCUT2D eigenvalue weighted by Crippen LogP contribution is 2.42. The highest BCUT2D eigenvalue weighted by Gasteiger charge is 2.36. The van der Waals surface area contributed by atoms with Crippen LogP contribution in [0.1, 0.15) is 40.1 Å². The molecule has 112 valence electrons. The standard InChI is InChI=1S/C17H16ClN3O/c18-11-6-4-10(5-7-11)16-20-17(22)13-3-1-2-12-14(19)8-9-21(16)15(12)13/h1-7,14,16H,8-9,19H2,(H,20,22)/t14-,16+/m0/s1. The Hall–Kier alpha value is -2.04. The first-order chi connectivity index (χ1) is 10.6. The van der Waals surface area contributed by atoms with Crippen LogP contribution in [0.15, 0.2) is 42.5 Å². The number of hydrogen-bond donors (Lipinski definition) is 2. The van der Waals surface area contributed by atoms with E-state index in [1.807, 2.05) is 42.5 Å². The van der Waals surface area contributed by atoms with Crippen LogP contribution in [0.3, 0.4) is 0 Å². The summed E-state index contributed by atoms with van der Waals surface area (Å²) in [7, 11) is 0. The molecule has 4 rings (SSSR count). The molecular formula is C17H16ClN3O. The van der Waals surface area contributed by atoms with E-state index in [9.17, 15) is 4.79 Å². The predicted octanol–water partition coefficient (Wildman–Crippen LogP) is 2.99. The number of benzene rings is 2. The van der Waals surface area contributed by atoms with Crippen LogP contribution < -0.4 is 16.0 Å². The van der Waals surface area contributed by atoms with Crippen LogP contribution in [0, 0.1) is 0 Å². The lowest BCUT2D eigenvalue weighted by atomic mass is 9.90. The fourth-order valence-electron chi connectivity index (χ4n) is 3.36. The highest BCUT2D eigenvalue weighted by atomic mass is 35.5. The minimum absolute atomic E-state index is 0.0111. The van der Waals surface area contributed by atoms with E-state index in [-0.39, 0.29) is 18.1 Å². The van der Waals surface area contributed by atoms with E-state index < -0.39 is 0 Å². The molecule has 2 aromatic carbocycles. The first kappa shape index (κ1) is 13.6. The molecule has 0 bridgehead atoms. The molecule has 1 amide bonds. The molecule has 0 aliphatic carbocycles. The Bertz CT molecular complexity index is 744. The maximum absolute atomic E-state index is 12.5. The van der Waals surface area contributed by atoms with Crippen LogP contribution >= 0.6 is 11.6 Å². The average Bonchev–Trinajstić information content (AvgIpc) is 2.53. The second kappa shape index (κ2) is 5.00. The lowest BCUT2D eigenvalue weighted by Gasteiger charge is -2.44. The van der Waals surface area contributed by atoms with Gasteiger partial charge in [0, 0.05) is 17.6 Å². The number of halogens is 1. The molecular weight excluding hydrogens is 298 g/mol. The van der Waals surface area contributed by atoms with E-state index in [1.54, 1.807) is 0 Å². The van der Waals surface area contributed by atoms with Gasteiger partial charge in [-0.2, -0.15) is 0 Å². The molecule has 2 heterocycles. The zero-order chi connectivity index (χ0) is 15.3. The normalized spacial score (nSPS) is 23.0. The van der Waals surface area contributed by atoms with Crippen molar-refractivity contribution < 1.29 is 4.79 Å². The summed E-state index contributed by atoms with van der Waals surface area (Å²) in [6, 6.07) is 13.4. The molecule has 0 aromatic heterocycles. The van der Waals surface area contributed by atoms with Gasteiger partial charge in [0.2, 0.25) is 0 Å². The molecule has 0 fully saturated rings. The topological polar surface area (TPSA) is 58.4 Å². The van der Waals surface area contributed by atoms with E-state index in [4.69, 9.17) is 17.3 Å². The zero-order valence-corrected chi connectivity index (χ0v) is 12.7. The van der Waals surface area contributed by atoms with Gasteiger partial charge in [-0.15, -0.1) is 0 Å². The van der Waals surface area contributed by atoms with Gasteiger partial charge in [-0.1, -0.05) is 35.9 Å². The molecule has 22 heavy (non-hydrogen) atoms. The number of nitrogens with two attached hydrogens (primary N) is 1. The van der Waals surface area contributed by atoms with Gasteiger partial charge in [0.25, 0.3) is 5.91 Å². The van der Waals surface area contributed by atoms with Gasteiger partial charge in [0.05, 0.1) is 11.3 Å². The van der Waals surface area contributed by atoms with E-state index in [0.29, 0.717) is 10.6 Å². The Kier molecular flexibility index (Phi) is 3.10. The number of carbonyl (C=O) groups is 1. The number of para-hydroxylation sites is 1. The van der Waals surface area contributed by atoms with Gasteiger partial charge < -0.3 is 16.0 Å². The molecule has 0 unspecified atom stereocenters. The smallest absolute Gasteiger partial charge is 0.255 e. The van der Waals surface area contributed by atoms with Gasteiger partial charge in [-0.05, 0) is 35.7 Å². The van der Waals surface area contributed by atoms with Crippen LogP contribution in [0.5, 0.6) is 0 Å². The van der Waals surface area contributed by atoms with Crippen molar-refractivity contribution >= 4 is 23.2 Å². The van der Waals surface area contributed by atoms with Crippen LogP contribution in [0.2, 0.25) is 5.02 Å². The Morgan fingerprint density at radius 1 is 1.18 bits per heavy atom. The summed E-state index contributed by atoms with van der Waals surface area (Å²) in [5.74, 6) is -0.0536. The SMILES string of the molecule is N[C@H]1CCN2c3c(cccc31)C(=O)N[C@H]2c1ccc(Cl)cc1. The second-order valence-electron chi connectivity index (χ2n) is 5.76. The number of nitrogens with one attached hydrogen (secondary N) is 1. The third kappa shape index (κ3) is 1.99. The molecule has 3 N–H and O–H groups in total. The number of nitrogens with zero attached hydrogens (tertiary/aromatic N) is 1. The third-order valence-electron chi connectivity index (χ3n) is 4.44. The quantitative estimate of drug-likeness (QED) is 0.851. The summed E-state index contributed by atoms with van der Waals surface area (Å²) in [5, 5.41) is 3.78. The fraction of sp³-hybridized carbons (Fsp3) is 0.235. The van der Waals surface area contributed by atoms with E-state index >= 15 is 0 Å². The second-order valence-corrected chi connectivity index (χ2v) is 6.20. The zero-order valence-electron chi connectivity index (χ0n) is 11.9. The Labute approximate surface area is 133 Å². The maximum Gasteiger partial charge on any atom is 0.255 e. The average molecular weight is 314 g/mol. The summed E-state index contributed by atoms with van der Waals surface area (Å²) in [5.41, 5.74) is 9.99. The van der Waals surface area contributed by atoms with Crippen LogP contribution in [0.25, 0.3) is 0 Å². The molecule has 0 spiro atoms. The van der Waals surface area contributed by atoms with Gasteiger partial charge >= 0.3 is 0 Å². The Morgan fingerprint density at radius 3 is 2.73 bits per heavy atom. The molecule has 2 aliphatic heterocycles. The minimum Gasteiger partial charge on any atom is -0.346 e.